The predicted molar refractivity (Wildman–Crippen MR) is 106 cm³/mol. The molecule has 1 atom stereocenters. The first-order valence-electron chi connectivity index (χ1n) is 8.86. The average molecular weight is 350 g/mol. The van der Waals surface area contributed by atoms with E-state index in [1.54, 1.807) is 0 Å². The molecular formula is C21H26N4O. The van der Waals surface area contributed by atoms with Crippen LogP contribution in [0.15, 0.2) is 48.8 Å². The van der Waals surface area contributed by atoms with Crippen molar-refractivity contribution in [2.24, 2.45) is 5.41 Å². The normalized spacial score (nSPS) is 12.8. The monoisotopic (exact) mass is 350 g/mol. The van der Waals surface area contributed by atoms with Gasteiger partial charge in [-0.1, -0.05) is 32.9 Å². The molecule has 0 aliphatic heterocycles. The highest BCUT2D eigenvalue weighted by atomic mass is 16.2. The third-order valence-corrected chi connectivity index (χ3v) is 4.38. The molecule has 5 nitrogen and oxygen atoms in total. The van der Waals surface area contributed by atoms with Crippen molar-refractivity contribution < 1.29 is 4.79 Å². The van der Waals surface area contributed by atoms with Crippen molar-refractivity contribution in [2.45, 2.75) is 40.7 Å². The maximum absolute atomic E-state index is 12.3. The molecule has 0 saturated heterocycles. The Morgan fingerprint density at radius 2 is 1.96 bits per heavy atom. The minimum Gasteiger partial charge on any atom is -0.377 e. The third-order valence-electron chi connectivity index (χ3n) is 4.38. The number of pyridine rings is 1. The van der Waals surface area contributed by atoms with E-state index in [4.69, 9.17) is 0 Å². The summed E-state index contributed by atoms with van der Waals surface area (Å²) in [5.41, 5.74) is 4.28. The molecule has 0 bridgehead atoms. The number of anilines is 2. The van der Waals surface area contributed by atoms with Crippen LogP contribution < -0.4 is 10.6 Å². The minimum atomic E-state index is -0.431. The van der Waals surface area contributed by atoms with E-state index in [1.807, 2.05) is 80.9 Å². The van der Waals surface area contributed by atoms with Crippen molar-refractivity contribution in [1.82, 2.24) is 9.38 Å². The molecule has 1 amide bonds. The van der Waals surface area contributed by atoms with Gasteiger partial charge in [-0.05, 0) is 43.7 Å². The summed E-state index contributed by atoms with van der Waals surface area (Å²) in [6.07, 6.45) is 4.02. The molecule has 1 aromatic carbocycles. The fourth-order valence-corrected chi connectivity index (χ4v) is 2.64. The van der Waals surface area contributed by atoms with Crippen LogP contribution >= 0.6 is 0 Å². The highest BCUT2D eigenvalue weighted by Gasteiger charge is 2.22. The number of carbonyl (C=O) groups excluding carboxylic acids is 1. The molecule has 1 unspecified atom stereocenters. The highest BCUT2D eigenvalue weighted by Crippen LogP contribution is 2.26. The van der Waals surface area contributed by atoms with E-state index in [2.05, 4.69) is 22.5 Å². The lowest BCUT2D eigenvalue weighted by Crippen LogP contribution is -2.28. The zero-order chi connectivity index (χ0) is 18.9. The summed E-state index contributed by atoms with van der Waals surface area (Å²) in [5, 5.41) is 6.50. The maximum atomic E-state index is 12.3. The highest BCUT2D eigenvalue weighted by molar-refractivity contribution is 5.95. The van der Waals surface area contributed by atoms with Gasteiger partial charge in [0.2, 0.25) is 5.91 Å². The Morgan fingerprint density at radius 3 is 2.65 bits per heavy atom. The molecule has 26 heavy (non-hydrogen) atoms. The van der Waals surface area contributed by atoms with Crippen molar-refractivity contribution in [3.05, 3.63) is 60.0 Å². The van der Waals surface area contributed by atoms with Crippen molar-refractivity contribution in [2.75, 3.05) is 10.6 Å². The summed E-state index contributed by atoms with van der Waals surface area (Å²) in [5.74, 6) is 0.00569. The number of amides is 1. The van der Waals surface area contributed by atoms with Gasteiger partial charge in [-0.25, -0.2) is 4.98 Å². The van der Waals surface area contributed by atoms with Gasteiger partial charge in [-0.2, -0.15) is 0 Å². The summed E-state index contributed by atoms with van der Waals surface area (Å²) < 4.78 is 2.01. The average Bonchev–Trinajstić information content (AvgIpc) is 3.01. The van der Waals surface area contributed by atoms with Crippen molar-refractivity contribution in [1.29, 1.82) is 0 Å². The fraction of sp³-hybridized carbons (Fsp3) is 0.333. The maximum Gasteiger partial charge on any atom is 0.229 e. The van der Waals surface area contributed by atoms with Crippen LogP contribution in [0.1, 0.15) is 45.0 Å². The molecule has 0 radical (unpaired) electrons. The number of hydrogen-bond donors (Lipinski definition) is 2. The Morgan fingerprint density at radius 1 is 1.19 bits per heavy atom. The number of carbonyl (C=O) groups is 1. The first-order chi connectivity index (χ1) is 12.2. The van der Waals surface area contributed by atoms with Gasteiger partial charge in [0.15, 0.2) is 0 Å². The van der Waals surface area contributed by atoms with Crippen LogP contribution in [0, 0.1) is 12.3 Å². The molecule has 2 heterocycles. The van der Waals surface area contributed by atoms with Crippen molar-refractivity contribution in [3.8, 4) is 0 Å². The Hall–Kier alpha value is -2.82. The van der Waals surface area contributed by atoms with Gasteiger partial charge in [0.05, 0.1) is 11.7 Å². The summed E-state index contributed by atoms with van der Waals surface area (Å²) in [6.45, 7) is 9.80. The van der Waals surface area contributed by atoms with E-state index >= 15 is 0 Å². The Bertz CT molecular complexity index is 904. The summed E-state index contributed by atoms with van der Waals surface area (Å²) in [7, 11) is 0. The van der Waals surface area contributed by atoms with Gasteiger partial charge in [-0.15, -0.1) is 0 Å². The molecule has 3 aromatic rings. The smallest absolute Gasteiger partial charge is 0.229 e. The lowest BCUT2D eigenvalue weighted by Gasteiger charge is -2.20. The molecular weight excluding hydrogens is 324 g/mol. The summed E-state index contributed by atoms with van der Waals surface area (Å²) >= 11 is 0. The van der Waals surface area contributed by atoms with Crippen LogP contribution in [0.4, 0.5) is 11.4 Å². The van der Waals surface area contributed by atoms with E-state index < -0.39 is 5.41 Å². The van der Waals surface area contributed by atoms with E-state index in [0.29, 0.717) is 0 Å². The van der Waals surface area contributed by atoms with Crippen molar-refractivity contribution in [3.63, 3.8) is 0 Å². The van der Waals surface area contributed by atoms with Gasteiger partial charge in [0.25, 0.3) is 0 Å². The number of aromatic nitrogens is 2. The number of aryl methyl sites for hydroxylation is 1. The van der Waals surface area contributed by atoms with Crippen LogP contribution in [0.25, 0.3) is 5.65 Å². The van der Waals surface area contributed by atoms with E-state index in [0.717, 1.165) is 28.3 Å². The molecule has 0 fully saturated rings. The van der Waals surface area contributed by atoms with E-state index in [1.165, 1.54) is 0 Å². The molecule has 0 aliphatic carbocycles. The second kappa shape index (κ2) is 6.83. The van der Waals surface area contributed by atoms with Gasteiger partial charge in [0.1, 0.15) is 5.65 Å². The second-order valence-electron chi connectivity index (χ2n) is 7.73. The van der Waals surface area contributed by atoms with Gasteiger partial charge in [0, 0.05) is 29.2 Å². The number of nitrogens with zero attached hydrogens (tertiary/aromatic N) is 2. The molecule has 2 N–H and O–H groups in total. The summed E-state index contributed by atoms with van der Waals surface area (Å²) in [6, 6.07) is 12.0. The molecule has 5 heteroatoms. The zero-order valence-corrected chi connectivity index (χ0v) is 16.0. The lowest BCUT2D eigenvalue weighted by atomic mass is 9.95. The Balaban J connectivity index is 1.79. The largest absolute Gasteiger partial charge is 0.377 e. The lowest BCUT2D eigenvalue weighted by molar-refractivity contribution is -0.123. The third kappa shape index (κ3) is 3.87. The van der Waals surface area contributed by atoms with Gasteiger partial charge >= 0.3 is 0 Å². The SMILES string of the molecule is Cc1ccc(NC(C)c2cn3ccccc3n2)cc1NC(=O)C(C)(C)C. The number of rotatable bonds is 4. The molecule has 136 valence electrons. The van der Waals surface area contributed by atoms with Crippen LogP contribution in [-0.2, 0) is 4.79 Å². The first kappa shape index (κ1) is 18.0. The molecule has 0 saturated carbocycles. The molecule has 0 aliphatic rings. The topological polar surface area (TPSA) is 58.4 Å². The second-order valence-corrected chi connectivity index (χ2v) is 7.73. The van der Waals surface area contributed by atoms with Gasteiger partial charge < -0.3 is 15.0 Å². The van der Waals surface area contributed by atoms with Crippen LogP contribution in [0.5, 0.6) is 0 Å². The molecule has 0 spiro atoms. The van der Waals surface area contributed by atoms with E-state index in [-0.39, 0.29) is 11.9 Å². The van der Waals surface area contributed by atoms with E-state index in [9.17, 15) is 4.79 Å². The standard InChI is InChI=1S/C21H26N4O/c1-14-9-10-16(12-17(14)24-20(26)21(3,4)5)22-15(2)18-13-25-11-7-6-8-19(25)23-18/h6-13,15,22H,1-5H3,(H,24,26). The predicted octanol–water partition coefficient (Wildman–Crippen LogP) is 4.80. The van der Waals surface area contributed by atoms with Crippen molar-refractivity contribution >= 4 is 22.9 Å². The quantitative estimate of drug-likeness (QED) is 0.710. The number of benzene rings is 1. The Kier molecular flexibility index (Phi) is 4.72. The fourth-order valence-electron chi connectivity index (χ4n) is 2.64. The minimum absolute atomic E-state index is 0.00569. The summed E-state index contributed by atoms with van der Waals surface area (Å²) in [4.78, 5) is 17.0. The van der Waals surface area contributed by atoms with Crippen LogP contribution in [0.2, 0.25) is 0 Å². The first-order valence-corrected chi connectivity index (χ1v) is 8.86. The molecule has 2 aromatic heterocycles. The van der Waals surface area contributed by atoms with Crippen LogP contribution in [-0.4, -0.2) is 15.3 Å². The van der Waals surface area contributed by atoms with Crippen LogP contribution in [0.3, 0.4) is 0 Å². The number of imidazole rings is 1. The number of hydrogen-bond acceptors (Lipinski definition) is 3. The zero-order valence-electron chi connectivity index (χ0n) is 16.0. The number of nitrogens with one attached hydrogen (secondary N) is 2. The Labute approximate surface area is 154 Å². The van der Waals surface area contributed by atoms with Gasteiger partial charge in [-0.3, -0.25) is 4.79 Å². The molecule has 3 rings (SSSR count). The number of fused-ring (bicyclic) bond motifs is 1.